The normalized spacial score (nSPS) is 22.7. The van der Waals surface area contributed by atoms with Gasteiger partial charge >= 0.3 is 0 Å². The van der Waals surface area contributed by atoms with E-state index in [1.807, 2.05) is 30.4 Å². The molecule has 0 spiro atoms. The molecule has 2 rings (SSSR count). The summed E-state index contributed by atoms with van der Waals surface area (Å²) in [4.78, 5) is 11.9. The SMILES string of the molecule is CCCCCCCCOC1(C(=O)Cl)C=CC(c2ccccc2)C=C1. The molecule has 0 radical (unpaired) electrons. The molecular formula is C21H27ClO2. The summed E-state index contributed by atoms with van der Waals surface area (Å²) in [5.74, 6) is 0.160. The second-order valence-electron chi connectivity index (χ2n) is 6.34. The molecule has 2 nitrogen and oxygen atoms in total. The van der Waals surface area contributed by atoms with E-state index in [9.17, 15) is 4.79 Å². The van der Waals surface area contributed by atoms with Gasteiger partial charge in [0.05, 0.1) is 0 Å². The van der Waals surface area contributed by atoms with Crippen molar-refractivity contribution in [1.82, 2.24) is 0 Å². The van der Waals surface area contributed by atoms with Gasteiger partial charge in [-0.15, -0.1) is 0 Å². The van der Waals surface area contributed by atoms with Crippen molar-refractivity contribution in [1.29, 1.82) is 0 Å². The maximum Gasteiger partial charge on any atom is 0.261 e. The molecule has 0 amide bonds. The number of allylic oxidation sites excluding steroid dienone is 2. The standard InChI is InChI=1S/C21H27ClO2/c1-2-3-4-5-6-10-17-24-21(20(22)23)15-13-19(14-16-21)18-11-8-7-9-12-18/h7-9,11-16,19H,2-6,10,17H2,1H3. The molecule has 24 heavy (non-hydrogen) atoms. The van der Waals surface area contributed by atoms with Crippen molar-refractivity contribution in [3.8, 4) is 0 Å². The molecule has 0 heterocycles. The van der Waals surface area contributed by atoms with Crippen LogP contribution < -0.4 is 0 Å². The molecule has 1 aromatic rings. The Bertz CT molecular complexity index is 548. The van der Waals surface area contributed by atoms with Gasteiger partial charge in [-0.3, -0.25) is 4.79 Å². The maximum atomic E-state index is 11.9. The van der Waals surface area contributed by atoms with Crippen molar-refractivity contribution < 1.29 is 9.53 Å². The largest absolute Gasteiger partial charge is 0.358 e. The molecule has 0 N–H and O–H groups in total. The summed E-state index contributed by atoms with van der Waals surface area (Å²) in [6.45, 7) is 2.76. The highest BCUT2D eigenvalue weighted by molar-refractivity contribution is 6.66. The molecule has 0 fully saturated rings. The van der Waals surface area contributed by atoms with E-state index in [2.05, 4.69) is 19.1 Å². The van der Waals surface area contributed by atoms with Crippen LogP contribution in [-0.2, 0) is 9.53 Å². The van der Waals surface area contributed by atoms with Crippen LogP contribution >= 0.6 is 11.6 Å². The van der Waals surface area contributed by atoms with E-state index in [0.717, 1.165) is 12.8 Å². The van der Waals surface area contributed by atoms with Crippen LogP contribution in [0.3, 0.4) is 0 Å². The molecular weight excluding hydrogens is 320 g/mol. The number of unbranched alkanes of at least 4 members (excludes halogenated alkanes) is 5. The fourth-order valence-electron chi connectivity index (χ4n) is 2.92. The third-order valence-corrected chi connectivity index (χ3v) is 4.73. The Morgan fingerprint density at radius 1 is 1.04 bits per heavy atom. The van der Waals surface area contributed by atoms with Gasteiger partial charge in [-0.05, 0) is 35.7 Å². The lowest BCUT2D eigenvalue weighted by Gasteiger charge is -2.28. The number of halogens is 1. The Morgan fingerprint density at radius 2 is 1.67 bits per heavy atom. The number of hydrogen-bond acceptors (Lipinski definition) is 2. The van der Waals surface area contributed by atoms with Crippen molar-refractivity contribution in [3.63, 3.8) is 0 Å². The third kappa shape index (κ3) is 5.32. The quantitative estimate of drug-likeness (QED) is 0.305. The van der Waals surface area contributed by atoms with Gasteiger partial charge in [-0.25, -0.2) is 0 Å². The Kier molecular flexibility index (Phi) is 7.74. The molecule has 0 atom stereocenters. The van der Waals surface area contributed by atoms with E-state index in [-0.39, 0.29) is 5.92 Å². The molecule has 0 bridgehead atoms. The van der Waals surface area contributed by atoms with Crippen LogP contribution in [0.4, 0.5) is 0 Å². The van der Waals surface area contributed by atoms with E-state index in [0.29, 0.717) is 6.61 Å². The van der Waals surface area contributed by atoms with Gasteiger partial charge in [0.1, 0.15) is 0 Å². The topological polar surface area (TPSA) is 26.3 Å². The summed E-state index contributed by atoms with van der Waals surface area (Å²) in [6.07, 6.45) is 14.7. The van der Waals surface area contributed by atoms with Crippen molar-refractivity contribution >= 4 is 16.8 Å². The minimum atomic E-state index is -1.10. The van der Waals surface area contributed by atoms with Gasteiger partial charge in [-0.2, -0.15) is 0 Å². The highest BCUT2D eigenvalue weighted by Crippen LogP contribution is 2.30. The van der Waals surface area contributed by atoms with E-state index in [1.165, 1.54) is 31.2 Å². The van der Waals surface area contributed by atoms with Crippen LogP contribution in [0.1, 0.15) is 56.9 Å². The van der Waals surface area contributed by atoms with E-state index < -0.39 is 10.8 Å². The van der Waals surface area contributed by atoms with Crippen LogP contribution in [0.5, 0.6) is 0 Å². The summed E-state index contributed by atoms with van der Waals surface area (Å²) in [7, 11) is 0. The summed E-state index contributed by atoms with van der Waals surface area (Å²) < 4.78 is 5.87. The lowest BCUT2D eigenvalue weighted by molar-refractivity contribution is -0.125. The first-order valence-corrected chi connectivity index (χ1v) is 9.33. The van der Waals surface area contributed by atoms with Gasteiger partial charge < -0.3 is 4.74 Å². The van der Waals surface area contributed by atoms with E-state index in [1.54, 1.807) is 12.2 Å². The molecule has 1 aliphatic rings. The van der Waals surface area contributed by atoms with Gasteiger partial charge in [0.15, 0.2) is 5.60 Å². The van der Waals surface area contributed by atoms with Crippen molar-refractivity contribution in [2.45, 2.75) is 57.0 Å². The number of carbonyl (C=O) groups is 1. The van der Waals surface area contributed by atoms with E-state index in [4.69, 9.17) is 16.3 Å². The highest BCUT2D eigenvalue weighted by atomic mass is 35.5. The molecule has 1 aromatic carbocycles. The van der Waals surface area contributed by atoms with Gasteiger partial charge in [0.2, 0.25) is 0 Å². The molecule has 0 aliphatic heterocycles. The minimum absolute atomic E-state index is 0.160. The first-order valence-electron chi connectivity index (χ1n) is 8.95. The monoisotopic (exact) mass is 346 g/mol. The predicted molar refractivity (Wildman–Crippen MR) is 100 cm³/mol. The zero-order valence-corrected chi connectivity index (χ0v) is 15.2. The molecule has 0 aromatic heterocycles. The number of ether oxygens (including phenoxy) is 1. The zero-order valence-electron chi connectivity index (χ0n) is 14.4. The second-order valence-corrected chi connectivity index (χ2v) is 6.68. The number of rotatable bonds is 10. The Labute approximate surface area is 150 Å². The summed E-state index contributed by atoms with van der Waals surface area (Å²) >= 11 is 5.82. The second kappa shape index (κ2) is 9.80. The summed E-state index contributed by atoms with van der Waals surface area (Å²) in [6, 6.07) is 10.2. The van der Waals surface area contributed by atoms with Crippen molar-refractivity contribution in [3.05, 3.63) is 60.2 Å². The number of hydrogen-bond donors (Lipinski definition) is 0. The average Bonchev–Trinajstić information content (AvgIpc) is 2.62. The molecule has 1 aliphatic carbocycles. The lowest BCUT2D eigenvalue weighted by atomic mass is 9.89. The zero-order chi connectivity index (χ0) is 17.3. The Hall–Kier alpha value is -1.38. The molecule has 0 saturated heterocycles. The van der Waals surface area contributed by atoms with Crippen molar-refractivity contribution in [2.75, 3.05) is 6.61 Å². The first kappa shape index (κ1) is 19.0. The van der Waals surface area contributed by atoms with Crippen LogP contribution in [0, 0.1) is 0 Å². The van der Waals surface area contributed by atoms with Gasteiger partial charge in [0, 0.05) is 12.5 Å². The smallest absolute Gasteiger partial charge is 0.261 e. The highest BCUT2D eigenvalue weighted by Gasteiger charge is 2.35. The molecule has 3 heteroatoms. The summed E-state index contributed by atoms with van der Waals surface area (Å²) in [5, 5.41) is -0.479. The van der Waals surface area contributed by atoms with Crippen LogP contribution in [0.2, 0.25) is 0 Å². The first-order chi connectivity index (χ1) is 11.7. The molecule has 0 unspecified atom stereocenters. The van der Waals surface area contributed by atoms with Crippen LogP contribution in [0.15, 0.2) is 54.6 Å². The van der Waals surface area contributed by atoms with E-state index >= 15 is 0 Å². The van der Waals surface area contributed by atoms with Crippen LogP contribution in [-0.4, -0.2) is 17.5 Å². The average molecular weight is 347 g/mol. The van der Waals surface area contributed by atoms with Crippen molar-refractivity contribution in [2.24, 2.45) is 0 Å². The Balaban J connectivity index is 1.86. The predicted octanol–water partition coefficient (Wildman–Crippen LogP) is 5.78. The van der Waals surface area contributed by atoms with Crippen LogP contribution in [0.25, 0.3) is 0 Å². The minimum Gasteiger partial charge on any atom is -0.358 e. The fraction of sp³-hybridized carbons (Fsp3) is 0.476. The van der Waals surface area contributed by atoms with Gasteiger partial charge in [0.25, 0.3) is 5.24 Å². The molecule has 130 valence electrons. The maximum absolute atomic E-state index is 11.9. The summed E-state index contributed by atoms with van der Waals surface area (Å²) in [5.41, 5.74) is 0.0903. The number of carbonyl (C=O) groups excluding carboxylic acids is 1. The fourth-order valence-corrected chi connectivity index (χ4v) is 3.10. The lowest BCUT2D eigenvalue weighted by Crippen LogP contribution is -2.36. The third-order valence-electron chi connectivity index (χ3n) is 4.43. The van der Waals surface area contributed by atoms with Gasteiger partial charge in [-0.1, -0.05) is 81.5 Å². The Morgan fingerprint density at radius 3 is 2.29 bits per heavy atom. The number of benzene rings is 1. The molecule has 0 saturated carbocycles.